The molecule has 1 saturated carbocycles. The molecule has 1 N–H and O–H groups in total. The van der Waals surface area contributed by atoms with Crippen molar-refractivity contribution in [3.63, 3.8) is 0 Å². The van der Waals surface area contributed by atoms with E-state index in [-0.39, 0.29) is 11.6 Å². The molecule has 1 unspecified atom stereocenters. The van der Waals surface area contributed by atoms with Gasteiger partial charge in [0.1, 0.15) is 4.47 Å². The third-order valence-corrected chi connectivity index (χ3v) is 4.53. The smallest absolute Gasteiger partial charge is 0.283 e. The van der Waals surface area contributed by atoms with E-state index in [2.05, 4.69) is 40.2 Å². The average Bonchev–Trinajstić information content (AvgIpc) is 2.64. The molecule has 0 saturated heterocycles. The molecule has 0 aromatic carbocycles. The first-order valence-electron chi connectivity index (χ1n) is 6.84. The van der Waals surface area contributed by atoms with E-state index in [1.54, 1.807) is 6.20 Å². The van der Waals surface area contributed by atoms with Gasteiger partial charge in [-0.25, -0.2) is 4.68 Å². The molecule has 0 amide bonds. The van der Waals surface area contributed by atoms with E-state index in [1.165, 1.54) is 11.1 Å². The van der Waals surface area contributed by atoms with Crippen LogP contribution in [0, 0.1) is 5.41 Å². The van der Waals surface area contributed by atoms with E-state index < -0.39 is 0 Å². The molecular formula is C14H22BrN3O. The van der Waals surface area contributed by atoms with Gasteiger partial charge in [-0.15, -0.1) is 0 Å². The van der Waals surface area contributed by atoms with E-state index in [1.807, 2.05) is 13.8 Å². The highest BCUT2D eigenvalue weighted by atomic mass is 79.9. The van der Waals surface area contributed by atoms with Crippen LogP contribution in [0.2, 0.25) is 0 Å². The molecule has 4 nitrogen and oxygen atoms in total. The Morgan fingerprint density at radius 2 is 2.21 bits per heavy atom. The van der Waals surface area contributed by atoms with E-state index in [9.17, 15) is 4.79 Å². The van der Waals surface area contributed by atoms with Crippen LogP contribution in [0.25, 0.3) is 0 Å². The number of halogens is 1. The molecule has 2 rings (SSSR count). The van der Waals surface area contributed by atoms with Gasteiger partial charge in [-0.2, -0.15) is 5.10 Å². The fourth-order valence-corrected chi connectivity index (χ4v) is 3.09. The van der Waals surface area contributed by atoms with Crippen LogP contribution in [0.15, 0.2) is 15.5 Å². The molecule has 1 aromatic rings. The predicted octanol–water partition coefficient (Wildman–Crippen LogP) is 3.58. The summed E-state index contributed by atoms with van der Waals surface area (Å²) in [6, 6.07) is 0.505. The van der Waals surface area contributed by atoms with Gasteiger partial charge in [0.15, 0.2) is 0 Å². The molecule has 5 heteroatoms. The Morgan fingerprint density at radius 3 is 2.74 bits per heavy atom. The van der Waals surface area contributed by atoms with Gasteiger partial charge in [0.25, 0.3) is 5.56 Å². The highest BCUT2D eigenvalue weighted by molar-refractivity contribution is 9.10. The fourth-order valence-electron chi connectivity index (χ4n) is 2.69. The third kappa shape index (κ3) is 3.19. The summed E-state index contributed by atoms with van der Waals surface area (Å²) in [5.41, 5.74) is 1.13. The maximum absolute atomic E-state index is 12.1. The zero-order chi connectivity index (χ0) is 14.2. The number of hydrogen-bond acceptors (Lipinski definition) is 3. The highest BCUT2D eigenvalue weighted by Crippen LogP contribution is 2.38. The van der Waals surface area contributed by atoms with Crippen molar-refractivity contribution in [1.82, 2.24) is 9.78 Å². The summed E-state index contributed by atoms with van der Waals surface area (Å²) in [5, 5.41) is 7.68. The molecule has 19 heavy (non-hydrogen) atoms. The Morgan fingerprint density at radius 1 is 1.53 bits per heavy atom. The quantitative estimate of drug-likeness (QED) is 0.923. The van der Waals surface area contributed by atoms with Crippen LogP contribution < -0.4 is 10.9 Å². The molecule has 1 heterocycles. The first kappa shape index (κ1) is 14.6. The molecule has 0 radical (unpaired) electrons. The molecule has 1 fully saturated rings. The van der Waals surface area contributed by atoms with Gasteiger partial charge >= 0.3 is 0 Å². The number of hydrogen-bond donors (Lipinski definition) is 1. The number of nitrogens with zero attached hydrogens (tertiary/aromatic N) is 2. The van der Waals surface area contributed by atoms with E-state index >= 15 is 0 Å². The first-order chi connectivity index (χ1) is 8.80. The molecule has 0 spiro atoms. The SMILES string of the molecule is CC(C)n1ncc(NC2CCC(C)(C)C2)c(Br)c1=O. The summed E-state index contributed by atoms with van der Waals surface area (Å²) in [6.45, 7) is 8.48. The Bertz CT molecular complexity index is 522. The molecule has 106 valence electrons. The van der Waals surface area contributed by atoms with Crippen LogP contribution in [-0.4, -0.2) is 15.8 Å². The minimum absolute atomic E-state index is 0.0720. The second kappa shape index (κ2) is 5.27. The third-order valence-electron chi connectivity index (χ3n) is 3.76. The van der Waals surface area contributed by atoms with Crippen molar-refractivity contribution < 1.29 is 0 Å². The number of anilines is 1. The Labute approximate surface area is 122 Å². The number of aromatic nitrogens is 2. The van der Waals surface area contributed by atoms with Crippen LogP contribution in [0.4, 0.5) is 5.69 Å². The number of rotatable bonds is 3. The van der Waals surface area contributed by atoms with Crippen LogP contribution in [0.3, 0.4) is 0 Å². The maximum Gasteiger partial charge on any atom is 0.283 e. The predicted molar refractivity (Wildman–Crippen MR) is 81.6 cm³/mol. The van der Waals surface area contributed by atoms with E-state index in [0.29, 0.717) is 15.9 Å². The van der Waals surface area contributed by atoms with Crippen LogP contribution in [0.1, 0.15) is 53.0 Å². The topological polar surface area (TPSA) is 46.9 Å². The minimum Gasteiger partial charge on any atom is -0.380 e. The molecule has 1 atom stereocenters. The van der Waals surface area contributed by atoms with Crippen molar-refractivity contribution in [3.05, 3.63) is 21.0 Å². The standard InChI is InChI=1S/C14H22BrN3O/c1-9(2)18-13(19)12(15)11(8-16-18)17-10-5-6-14(3,4)7-10/h8-10,17H,5-7H2,1-4H3. The molecule has 1 aromatic heterocycles. The Balaban J connectivity index is 2.19. The zero-order valence-electron chi connectivity index (χ0n) is 12.0. The normalized spacial score (nSPS) is 21.9. The zero-order valence-corrected chi connectivity index (χ0v) is 13.6. The second-order valence-electron chi connectivity index (χ2n) is 6.46. The van der Waals surface area contributed by atoms with Gasteiger partial charge in [0.05, 0.1) is 17.9 Å². The van der Waals surface area contributed by atoms with Gasteiger partial charge in [-0.05, 0) is 54.5 Å². The van der Waals surface area contributed by atoms with E-state index in [4.69, 9.17) is 0 Å². The van der Waals surface area contributed by atoms with Crippen molar-refractivity contribution >= 4 is 21.6 Å². The molecule has 0 aliphatic heterocycles. The first-order valence-corrected chi connectivity index (χ1v) is 7.63. The average molecular weight is 328 g/mol. The van der Waals surface area contributed by atoms with Crippen molar-refractivity contribution in [2.24, 2.45) is 5.41 Å². The number of nitrogens with one attached hydrogen (secondary N) is 1. The minimum atomic E-state index is -0.0720. The molecule has 0 bridgehead atoms. The Kier molecular flexibility index (Phi) is 4.04. The van der Waals surface area contributed by atoms with Gasteiger partial charge in [0.2, 0.25) is 0 Å². The lowest BCUT2D eigenvalue weighted by Gasteiger charge is -2.19. The van der Waals surface area contributed by atoms with Crippen LogP contribution >= 0.6 is 15.9 Å². The lowest BCUT2D eigenvalue weighted by molar-refractivity contribution is 0.378. The summed E-state index contributed by atoms with van der Waals surface area (Å²) in [5.74, 6) is 0. The van der Waals surface area contributed by atoms with Gasteiger partial charge in [-0.3, -0.25) is 4.79 Å². The summed E-state index contributed by atoms with van der Waals surface area (Å²) >= 11 is 3.40. The van der Waals surface area contributed by atoms with Crippen molar-refractivity contribution in [1.29, 1.82) is 0 Å². The largest absolute Gasteiger partial charge is 0.380 e. The lowest BCUT2D eigenvalue weighted by Crippen LogP contribution is -2.27. The van der Waals surface area contributed by atoms with Crippen molar-refractivity contribution in [2.45, 2.75) is 59.0 Å². The molecular weight excluding hydrogens is 306 g/mol. The van der Waals surface area contributed by atoms with Crippen molar-refractivity contribution in [2.75, 3.05) is 5.32 Å². The van der Waals surface area contributed by atoms with E-state index in [0.717, 1.165) is 18.5 Å². The lowest BCUT2D eigenvalue weighted by atomic mass is 9.92. The Hall–Kier alpha value is -0.840. The second-order valence-corrected chi connectivity index (χ2v) is 7.26. The summed E-state index contributed by atoms with van der Waals surface area (Å²) < 4.78 is 2.08. The van der Waals surface area contributed by atoms with Gasteiger partial charge in [-0.1, -0.05) is 13.8 Å². The summed E-state index contributed by atoms with van der Waals surface area (Å²) in [6.07, 6.45) is 5.25. The van der Waals surface area contributed by atoms with Crippen LogP contribution in [-0.2, 0) is 0 Å². The highest BCUT2D eigenvalue weighted by Gasteiger charge is 2.31. The van der Waals surface area contributed by atoms with Crippen LogP contribution in [0.5, 0.6) is 0 Å². The maximum atomic E-state index is 12.1. The summed E-state index contributed by atoms with van der Waals surface area (Å²) in [4.78, 5) is 12.1. The summed E-state index contributed by atoms with van der Waals surface area (Å²) in [7, 11) is 0. The van der Waals surface area contributed by atoms with Gasteiger partial charge < -0.3 is 5.32 Å². The molecule has 1 aliphatic rings. The van der Waals surface area contributed by atoms with Crippen molar-refractivity contribution in [3.8, 4) is 0 Å². The molecule has 1 aliphatic carbocycles. The fraction of sp³-hybridized carbons (Fsp3) is 0.714. The van der Waals surface area contributed by atoms with Gasteiger partial charge in [0, 0.05) is 6.04 Å². The monoisotopic (exact) mass is 327 g/mol.